The summed E-state index contributed by atoms with van der Waals surface area (Å²) in [5, 5.41) is 15.4. The second-order valence-corrected chi connectivity index (χ2v) is 3.71. The summed E-state index contributed by atoms with van der Waals surface area (Å²) in [6, 6.07) is 1.97. The largest absolute Gasteiger partial charge is 0.348 e. The first-order valence-electron chi connectivity index (χ1n) is 5.26. The van der Waals surface area contributed by atoms with Gasteiger partial charge in [0.25, 0.3) is 5.91 Å². The first-order chi connectivity index (χ1) is 7.60. The van der Waals surface area contributed by atoms with Gasteiger partial charge in [-0.05, 0) is 13.3 Å². The first-order valence-corrected chi connectivity index (χ1v) is 5.26. The number of hydrogen-bond acceptors (Lipinski definition) is 3. The van der Waals surface area contributed by atoms with Gasteiger partial charge in [0.2, 0.25) is 0 Å². The molecule has 0 aliphatic carbocycles. The summed E-state index contributed by atoms with van der Waals surface area (Å²) >= 11 is 0. The summed E-state index contributed by atoms with van der Waals surface area (Å²) in [5.41, 5.74) is 1.39. The van der Waals surface area contributed by atoms with Gasteiger partial charge in [0.1, 0.15) is 0 Å². The van der Waals surface area contributed by atoms with Crippen molar-refractivity contribution in [2.24, 2.45) is 7.05 Å². The SMILES string of the molecule is CCC(CC#N)NC(=O)c1cnn(C)c1C. The Morgan fingerprint density at radius 2 is 2.44 bits per heavy atom. The summed E-state index contributed by atoms with van der Waals surface area (Å²) in [7, 11) is 1.79. The van der Waals surface area contributed by atoms with E-state index in [4.69, 9.17) is 5.26 Å². The summed E-state index contributed by atoms with van der Waals surface area (Å²) < 4.78 is 1.65. The molecule has 0 bridgehead atoms. The number of carbonyl (C=O) groups excluding carboxylic acids is 1. The highest BCUT2D eigenvalue weighted by molar-refractivity contribution is 5.95. The van der Waals surface area contributed by atoms with E-state index in [2.05, 4.69) is 16.5 Å². The van der Waals surface area contributed by atoms with Gasteiger partial charge in [-0.3, -0.25) is 9.48 Å². The Morgan fingerprint density at radius 1 is 1.75 bits per heavy atom. The van der Waals surface area contributed by atoms with Crippen LogP contribution in [0.25, 0.3) is 0 Å². The summed E-state index contributed by atoms with van der Waals surface area (Å²) in [6.45, 7) is 3.78. The third kappa shape index (κ3) is 2.60. The van der Waals surface area contributed by atoms with Crippen molar-refractivity contribution in [2.45, 2.75) is 32.7 Å². The van der Waals surface area contributed by atoms with Crippen LogP contribution in [0.3, 0.4) is 0 Å². The van der Waals surface area contributed by atoms with Gasteiger partial charge in [-0.1, -0.05) is 6.92 Å². The maximum absolute atomic E-state index is 11.8. The monoisotopic (exact) mass is 220 g/mol. The number of nitriles is 1. The third-order valence-electron chi connectivity index (χ3n) is 2.65. The predicted octanol–water partition coefficient (Wildman–Crippen LogP) is 1.15. The van der Waals surface area contributed by atoms with Gasteiger partial charge in [0, 0.05) is 18.8 Å². The van der Waals surface area contributed by atoms with Gasteiger partial charge in [-0.2, -0.15) is 10.4 Å². The topological polar surface area (TPSA) is 70.7 Å². The summed E-state index contributed by atoms with van der Waals surface area (Å²) in [5.74, 6) is -0.160. The minimum absolute atomic E-state index is 0.0860. The molecule has 0 fully saturated rings. The molecule has 0 spiro atoms. The lowest BCUT2D eigenvalue weighted by molar-refractivity contribution is 0.0936. The van der Waals surface area contributed by atoms with Crippen LogP contribution in [0.15, 0.2) is 6.20 Å². The lowest BCUT2D eigenvalue weighted by Crippen LogP contribution is -2.34. The summed E-state index contributed by atoms with van der Waals surface area (Å²) in [4.78, 5) is 11.8. The van der Waals surface area contributed by atoms with Gasteiger partial charge >= 0.3 is 0 Å². The number of carbonyl (C=O) groups is 1. The number of nitrogens with one attached hydrogen (secondary N) is 1. The fraction of sp³-hybridized carbons (Fsp3) is 0.545. The molecule has 1 heterocycles. The van der Waals surface area contributed by atoms with Crippen LogP contribution in [0.2, 0.25) is 0 Å². The molecule has 5 heteroatoms. The minimum atomic E-state index is -0.160. The molecule has 1 N–H and O–H groups in total. The molecule has 0 aliphatic rings. The highest BCUT2D eigenvalue weighted by Gasteiger charge is 2.15. The fourth-order valence-electron chi connectivity index (χ4n) is 1.39. The normalized spacial score (nSPS) is 11.9. The fourth-order valence-corrected chi connectivity index (χ4v) is 1.39. The minimum Gasteiger partial charge on any atom is -0.348 e. The Labute approximate surface area is 95.1 Å². The smallest absolute Gasteiger partial charge is 0.254 e. The molecular weight excluding hydrogens is 204 g/mol. The van der Waals surface area contributed by atoms with Gasteiger partial charge in [-0.15, -0.1) is 0 Å². The maximum Gasteiger partial charge on any atom is 0.254 e. The predicted molar refractivity (Wildman–Crippen MR) is 59.7 cm³/mol. The average molecular weight is 220 g/mol. The summed E-state index contributed by atoms with van der Waals surface area (Å²) in [6.07, 6.45) is 2.63. The van der Waals surface area contributed by atoms with Gasteiger partial charge in [-0.25, -0.2) is 0 Å². The van der Waals surface area contributed by atoms with Crippen molar-refractivity contribution in [3.63, 3.8) is 0 Å². The molecule has 86 valence electrons. The van der Waals surface area contributed by atoms with E-state index in [0.717, 1.165) is 12.1 Å². The highest BCUT2D eigenvalue weighted by Crippen LogP contribution is 2.06. The van der Waals surface area contributed by atoms with Gasteiger partial charge in [0.15, 0.2) is 0 Å². The molecule has 0 saturated heterocycles. The van der Waals surface area contributed by atoms with Crippen molar-refractivity contribution in [2.75, 3.05) is 0 Å². The van der Waals surface area contributed by atoms with Crippen molar-refractivity contribution in [3.8, 4) is 6.07 Å². The molecule has 0 saturated carbocycles. The highest BCUT2D eigenvalue weighted by atomic mass is 16.1. The molecule has 1 atom stereocenters. The van der Waals surface area contributed by atoms with Crippen LogP contribution in [0.5, 0.6) is 0 Å². The molecule has 1 unspecified atom stereocenters. The Morgan fingerprint density at radius 3 is 2.88 bits per heavy atom. The van der Waals surface area contributed by atoms with Crippen molar-refractivity contribution in [1.82, 2.24) is 15.1 Å². The number of hydrogen-bond donors (Lipinski definition) is 1. The molecule has 1 aromatic heterocycles. The van der Waals surface area contributed by atoms with Gasteiger partial charge < -0.3 is 5.32 Å². The zero-order valence-corrected chi connectivity index (χ0v) is 9.82. The Hall–Kier alpha value is -1.83. The van der Waals surface area contributed by atoms with Crippen LogP contribution >= 0.6 is 0 Å². The van der Waals surface area contributed by atoms with Crippen LogP contribution in [0, 0.1) is 18.3 Å². The number of aryl methyl sites for hydroxylation is 1. The van der Waals surface area contributed by atoms with Crippen LogP contribution in [-0.2, 0) is 7.05 Å². The third-order valence-corrected chi connectivity index (χ3v) is 2.65. The van der Waals surface area contributed by atoms with Gasteiger partial charge in [0.05, 0.1) is 24.3 Å². The van der Waals surface area contributed by atoms with Crippen molar-refractivity contribution < 1.29 is 4.79 Å². The molecule has 1 amide bonds. The zero-order valence-electron chi connectivity index (χ0n) is 9.82. The van der Waals surface area contributed by atoms with E-state index in [1.54, 1.807) is 17.9 Å². The van der Waals surface area contributed by atoms with E-state index in [1.165, 1.54) is 0 Å². The average Bonchev–Trinajstić information content (AvgIpc) is 2.59. The zero-order chi connectivity index (χ0) is 12.1. The number of aromatic nitrogens is 2. The molecule has 0 aromatic carbocycles. The first kappa shape index (κ1) is 12.2. The lowest BCUT2D eigenvalue weighted by atomic mass is 10.1. The van der Waals surface area contributed by atoms with Crippen LogP contribution < -0.4 is 5.32 Å². The van der Waals surface area contributed by atoms with Crippen LogP contribution in [0.1, 0.15) is 35.8 Å². The van der Waals surface area contributed by atoms with E-state index in [0.29, 0.717) is 12.0 Å². The molecule has 0 aliphatic heterocycles. The Kier molecular flexibility index (Phi) is 4.06. The van der Waals surface area contributed by atoms with E-state index < -0.39 is 0 Å². The molecule has 0 radical (unpaired) electrons. The number of rotatable bonds is 4. The molecular formula is C11H16N4O. The van der Waals surface area contributed by atoms with E-state index in [1.807, 2.05) is 13.8 Å². The number of amides is 1. The van der Waals surface area contributed by atoms with E-state index >= 15 is 0 Å². The Bertz CT molecular complexity index is 416. The maximum atomic E-state index is 11.8. The lowest BCUT2D eigenvalue weighted by Gasteiger charge is -2.12. The van der Waals surface area contributed by atoms with Crippen molar-refractivity contribution in [3.05, 3.63) is 17.5 Å². The van der Waals surface area contributed by atoms with Crippen LogP contribution in [-0.4, -0.2) is 21.7 Å². The standard InChI is InChI=1S/C11H16N4O/c1-4-9(5-6-12)14-11(16)10-7-13-15(3)8(10)2/h7,9H,4-5H2,1-3H3,(H,14,16). The van der Waals surface area contributed by atoms with Crippen molar-refractivity contribution in [1.29, 1.82) is 5.26 Å². The Balaban J connectivity index is 2.72. The molecule has 16 heavy (non-hydrogen) atoms. The van der Waals surface area contributed by atoms with E-state index in [-0.39, 0.29) is 11.9 Å². The van der Waals surface area contributed by atoms with Crippen molar-refractivity contribution >= 4 is 5.91 Å². The second kappa shape index (κ2) is 5.31. The molecule has 1 aromatic rings. The van der Waals surface area contributed by atoms with Crippen LogP contribution in [0.4, 0.5) is 0 Å². The quantitative estimate of drug-likeness (QED) is 0.827. The molecule has 1 rings (SSSR count). The van der Waals surface area contributed by atoms with E-state index in [9.17, 15) is 4.79 Å². The molecule has 5 nitrogen and oxygen atoms in total. The number of nitrogens with zero attached hydrogens (tertiary/aromatic N) is 3. The second-order valence-electron chi connectivity index (χ2n) is 3.71.